The van der Waals surface area contributed by atoms with Gasteiger partial charge in [0.25, 0.3) is 5.69 Å². The lowest BCUT2D eigenvalue weighted by atomic mass is 10.2. The summed E-state index contributed by atoms with van der Waals surface area (Å²) in [6, 6.07) is 9.16. The molecule has 0 unspecified atom stereocenters. The third-order valence-corrected chi connectivity index (χ3v) is 2.17. The molecule has 1 aromatic carbocycles. The van der Waals surface area contributed by atoms with Gasteiger partial charge in [0.2, 0.25) is 5.88 Å². The largest absolute Gasteiger partial charge is 0.439 e. The fraction of sp³-hybridized carbons (Fsp3) is 0. The molecule has 2 aromatic rings. The number of ether oxygens (including phenoxy) is 1. The standard InChI is InChI=1S/C12H8N2O4/c15-8-9-1-4-11(5-2-9)18-12-6-3-10(7-13-12)14(16)17/h1-8H. The maximum Gasteiger partial charge on any atom is 0.287 e. The van der Waals surface area contributed by atoms with Crippen LogP contribution in [-0.4, -0.2) is 16.2 Å². The fourth-order valence-electron chi connectivity index (χ4n) is 1.28. The molecule has 6 heteroatoms. The number of aldehydes is 1. The van der Waals surface area contributed by atoms with Crippen LogP contribution in [0.3, 0.4) is 0 Å². The molecule has 0 saturated heterocycles. The molecule has 90 valence electrons. The Morgan fingerprint density at radius 3 is 2.39 bits per heavy atom. The van der Waals surface area contributed by atoms with Crippen molar-refractivity contribution in [3.63, 3.8) is 0 Å². The molecule has 0 aliphatic heterocycles. The van der Waals surface area contributed by atoms with Gasteiger partial charge in [-0.05, 0) is 24.3 Å². The smallest absolute Gasteiger partial charge is 0.287 e. The van der Waals surface area contributed by atoms with E-state index in [2.05, 4.69) is 4.98 Å². The zero-order valence-electron chi connectivity index (χ0n) is 9.15. The van der Waals surface area contributed by atoms with Crippen molar-refractivity contribution in [3.05, 3.63) is 58.3 Å². The molecule has 2 rings (SSSR count). The summed E-state index contributed by atoms with van der Waals surface area (Å²) in [5.41, 5.74) is 0.442. The Balaban J connectivity index is 2.12. The topological polar surface area (TPSA) is 82.3 Å². The highest BCUT2D eigenvalue weighted by atomic mass is 16.6. The SMILES string of the molecule is O=Cc1ccc(Oc2ccc([N+](=O)[O-])cn2)cc1. The minimum absolute atomic E-state index is 0.0985. The molecular weight excluding hydrogens is 236 g/mol. The van der Waals surface area contributed by atoms with Gasteiger partial charge in [0.1, 0.15) is 18.2 Å². The lowest BCUT2D eigenvalue weighted by Crippen LogP contribution is -1.91. The third-order valence-electron chi connectivity index (χ3n) is 2.17. The van der Waals surface area contributed by atoms with Crippen LogP contribution in [0, 0.1) is 10.1 Å². The molecule has 0 spiro atoms. The Morgan fingerprint density at radius 2 is 1.89 bits per heavy atom. The van der Waals surface area contributed by atoms with Crippen molar-refractivity contribution >= 4 is 12.0 Å². The van der Waals surface area contributed by atoms with Gasteiger partial charge in [0.05, 0.1) is 4.92 Å². The first kappa shape index (κ1) is 11.7. The van der Waals surface area contributed by atoms with Gasteiger partial charge in [0.15, 0.2) is 0 Å². The van der Waals surface area contributed by atoms with Crippen LogP contribution in [0.1, 0.15) is 10.4 Å². The maximum atomic E-state index is 10.5. The van der Waals surface area contributed by atoms with E-state index in [1.165, 1.54) is 12.1 Å². The van der Waals surface area contributed by atoms with E-state index in [4.69, 9.17) is 4.74 Å². The van der Waals surface area contributed by atoms with E-state index < -0.39 is 4.92 Å². The Morgan fingerprint density at radius 1 is 1.17 bits per heavy atom. The summed E-state index contributed by atoms with van der Waals surface area (Å²) in [6.07, 6.45) is 1.85. The molecule has 18 heavy (non-hydrogen) atoms. The van der Waals surface area contributed by atoms with Gasteiger partial charge in [-0.2, -0.15) is 0 Å². The van der Waals surface area contributed by atoms with Gasteiger partial charge in [-0.15, -0.1) is 0 Å². The van der Waals surface area contributed by atoms with Crippen molar-refractivity contribution < 1.29 is 14.5 Å². The highest BCUT2D eigenvalue weighted by Gasteiger charge is 2.06. The predicted octanol–water partition coefficient (Wildman–Crippen LogP) is 2.59. The van der Waals surface area contributed by atoms with Gasteiger partial charge in [0, 0.05) is 17.7 Å². The van der Waals surface area contributed by atoms with Crippen LogP contribution in [0.4, 0.5) is 5.69 Å². The summed E-state index contributed by atoms with van der Waals surface area (Å²) in [5, 5.41) is 10.4. The van der Waals surface area contributed by atoms with Crippen molar-refractivity contribution in [2.24, 2.45) is 0 Å². The molecule has 0 radical (unpaired) electrons. The lowest BCUT2D eigenvalue weighted by molar-refractivity contribution is -0.385. The number of rotatable bonds is 4. The monoisotopic (exact) mass is 244 g/mol. The van der Waals surface area contributed by atoms with Crippen LogP contribution in [0.2, 0.25) is 0 Å². The van der Waals surface area contributed by atoms with Crippen molar-refractivity contribution in [3.8, 4) is 11.6 Å². The molecule has 0 aliphatic rings. The number of nitrogens with zero attached hydrogens (tertiary/aromatic N) is 2. The van der Waals surface area contributed by atoms with Gasteiger partial charge in [-0.1, -0.05) is 0 Å². The molecule has 0 aliphatic carbocycles. The average molecular weight is 244 g/mol. The van der Waals surface area contributed by atoms with E-state index in [0.717, 1.165) is 12.5 Å². The van der Waals surface area contributed by atoms with Crippen LogP contribution >= 0.6 is 0 Å². The third kappa shape index (κ3) is 2.67. The molecular formula is C12H8N2O4. The summed E-state index contributed by atoms with van der Waals surface area (Å²) in [4.78, 5) is 24.2. The number of benzene rings is 1. The summed E-state index contributed by atoms with van der Waals surface area (Å²) in [6.45, 7) is 0. The van der Waals surface area contributed by atoms with Crippen molar-refractivity contribution in [1.29, 1.82) is 0 Å². The van der Waals surface area contributed by atoms with E-state index in [-0.39, 0.29) is 11.6 Å². The molecule has 0 saturated carbocycles. The number of carbonyl (C=O) groups is 1. The molecule has 6 nitrogen and oxygen atoms in total. The lowest BCUT2D eigenvalue weighted by Gasteiger charge is -2.03. The highest BCUT2D eigenvalue weighted by molar-refractivity contribution is 5.74. The number of aromatic nitrogens is 1. The van der Waals surface area contributed by atoms with E-state index in [9.17, 15) is 14.9 Å². The molecule has 0 N–H and O–H groups in total. The quantitative estimate of drug-likeness (QED) is 0.469. The first-order chi connectivity index (χ1) is 8.69. The van der Waals surface area contributed by atoms with Gasteiger partial charge in [-0.3, -0.25) is 14.9 Å². The van der Waals surface area contributed by atoms with Crippen LogP contribution < -0.4 is 4.74 Å². The number of nitro groups is 1. The molecule has 0 atom stereocenters. The minimum atomic E-state index is -0.532. The first-order valence-electron chi connectivity index (χ1n) is 5.02. The molecule has 0 fully saturated rings. The number of hydrogen-bond acceptors (Lipinski definition) is 5. The number of carbonyl (C=O) groups excluding carboxylic acids is 1. The number of hydrogen-bond donors (Lipinski definition) is 0. The van der Waals surface area contributed by atoms with Crippen molar-refractivity contribution in [2.75, 3.05) is 0 Å². The zero-order chi connectivity index (χ0) is 13.0. The van der Waals surface area contributed by atoms with Crippen molar-refractivity contribution in [1.82, 2.24) is 4.98 Å². The zero-order valence-corrected chi connectivity index (χ0v) is 9.15. The predicted molar refractivity (Wildman–Crippen MR) is 62.8 cm³/mol. The second kappa shape index (κ2) is 5.05. The fourth-order valence-corrected chi connectivity index (χ4v) is 1.28. The number of pyridine rings is 1. The summed E-state index contributed by atoms with van der Waals surface area (Å²) in [5.74, 6) is 0.751. The van der Waals surface area contributed by atoms with Gasteiger partial charge >= 0.3 is 0 Å². The molecule has 1 heterocycles. The molecule has 0 bridgehead atoms. The van der Waals surface area contributed by atoms with E-state index >= 15 is 0 Å². The minimum Gasteiger partial charge on any atom is -0.439 e. The first-order valence-corrected chi connectivity index (χ1v) is 5.02. The Kier molecular flexibility index (Phi) is 3.29. The van der Waals surface area contributed by atoms with E-state index in [1.54, 1.807) is 24.3 Å². The van der Waals surface area contributed by atoms with Crippen LogP contribution in [0.25, 0.3) is 0 Å². The van der Waals surface area contributed by atoms with E-state index in [1.807, 2.05) is 0 Å². The van der Waals surface area contributed by atoms with Gasteiger partial charge in [-0.25, -0.2) is 4.98 Å². The molecule has 0 amide bonds. The Hall–Kier alpha value is -2.76. The summed E-state index contributed by atoms with van der Waals surface area (Å²) >= 11 is 0. The summed E-state index contributed by atoms with van der Waals surface area (Å²) in [7, 11) is 0. The highest BCUT2D eigenvalue weighted by Crippen LogP contribution is 2.21. The van der Waals surface area contributed by atoms with Gasteiger partial charge < -0.3 is 4.74 Å². The van der Waals surface area contributed by atoms with Crippen LogP contribution in [-0.2, 0) is 0 Å². The normalized spacial score (nSPS) is 9.78. The van der Waals surface area contributed by atoms with Crippen LogP contribution in [0.15, 0.2) is 42.6 Å². The van der Waals surface area contributed by atoms with E-state index in [0.29, 0.717) is 11.3 Å². The second-order valence-electron chi connectivity index (χ2n) is 3.40. The second-order valence-corrected chi connectivity index (χ2v) is 3.40. The Labute approximate surface area is 102 Å². The molecule has 1 aromatic heterocycles. The average Bonchev–Trinajstić information content (AvgIpc) is 2.40. The Bertz CT molecular complexity index is 564. The maximum absolute atomic E-state index is 10.5. The summed E-state index contributed by atoms with van der Waals surface area (Å²) < 4.78 is 5.36. The van der Waals surface area contributed by atoms with Crippen LogP contribution in [0.5, 0.6) is 11.6 Å². The van der Waals surface area contributed by atoms with Crippen molar-refractivity contribution in [2.45, 2.75) is 0 Å².